The molecule has 1 aromatic heterocycles. The van der Waals surface area contributed by atoms with Crippen molar-refractivity contribution >= 4 is 21.7 Å². The second-order valence-corrected chi connectivity index (χ2v) is 5.93. The lowest BCUT2D eigenvalue weighted by molar-refractivity contribution is 0.0481. The summed E-state index contributed by atoms with van der Waals surface area (Å²) in [6.07, 6.45) is 2.70. The summed E-state index contributed by atoms with van der Waals surface area (Å²) in [5.41, 5.74) is 0.498. The molecule has 1 aliphatic rings. The first-order valence-corrected chi connectivity index (χ1v) is 6.88. The van der Waals surface area contributed by atoms with Crippen LogP contribution in [0.15, 0.2) is 16.6 Å². The van der Waals surface area contributed by atoms with E-state index in [0.717, 1.165) is 48.3 Å². The normalized spacial score (nSPS) is 25.8. The van der Waals surface area contributed by atoms with Gasteiger partial charge in [-0.1, -0.05) is 0 Å². The molecule has 94 valence electrons. The quantitative estimate of drug-likeness (QED) is 0.866. The first-order chi connectivity index (χ1) is 7.98. The van der Waals surface area contributed by atoms with Gasteiger partial charge in [0.05, 0.1) is 11.3 Å². The molecule has 0 spiro atoms. The van der Waals surface area contributed by atoms with E-state index in [2.05, 4.69) is 25.8 Å². The minimum absolute atomic E-state index is 0.515. The predicted octanol–water partition coefficient (Wildman–Crippen LogP) is 2.89. The van der Waals surface area contributed by atoms with Gasteiger partial charge in [0.25, 0.3) is 0 Å². The monoisotopic (exact) mass is 298 g/mol. The van der Waals surface area contributed by atoms with Crippen molar-refractivity contribution in [2.45, 2.75) is 38.7 Å². The molecule has 3 nitrogen and oxygen atoms in total. The van der Waals surface area contributed by atoms with Gasteiger partial charge in [-0.05, 0) is 61.2 Å². The summed E-state index contributed by atoms with van der Waals surface area (Å²) in [6.45, 7) is 5.78. The summed E-state index contributed by atoms with van der Waals surface area (Å²) in [4.78, 5) is 6.85. The highest BCUT2D eigenvalue weighted by atomic mass is 79.9. The van der Waals surface area contributed by atoms with Gasteiger partial charge in [-0.25, -0.2) is 4.98 Å². The van der Waals surface area contributed by atoms with Crippen LogP contribution in [0.5, 0.6) is 0 Å². The van der Waals surface area contributed by atoms with Crippen molar-refractivity contribution in [2.75, 3.05) is 18.0 Å². The summed E-state index contributed by atoms with van der Waals surface area (Å²) < 4.78 is 1.04. The molecule has 0 saturated carbocycles. The molecule has 1 aliphatic heterocycles. The standard InChI is InChI=1S/C13H19BrN2O/c1-10-11(14)4-5-12(15-10)16-8-3-6-13(2,17)7-9-16/h4-5,17H,3,6-9H2,1-2H3. The molecule has 1 N–H and O–H groups in total. The van der Waals surface area contributed by atoms with Gasteiger partial charge in [0.1, 0.15) is 5.82 Å². The number of hydrogen-bond acceptors (Lipinski definition) is 3. The smallest absolute Gasteiger partial charge is 0.128 e. The van der Waals surface area contributed by atoms with Gasteiger partial charge in [-0.15, -0.1) is 0 Å². The van der Waals surface area contributed by atoms with Gasteiger partial charge < -0.3 is 10.0 Å². The molecule has 1 fully saturated rings. The van der Waals surface area contributed by atoms with Crippen molar-refractivity contribution in [1.82, 2.24) is 4.98 Å². The summed E-state index contributed by atoms with van der Waals surface area (Å²) in [5, 5.41) is 10.1. The highest BCUT2D eigenvalue weighted by Crippen LogP contribution is 2.25. The Labute approximate surface area is 111 Å². The maximum Gasteiger partial charge on any atom is 0.128 e. The third-order valence-electron chi connectivity index (χ3n) is 3.39. The lowest BCUT2D eigenvalue weighted by Crippen LogP contribution is -2.28. The van der Waals surface area contributed by atoms with Gasteiger partial charge in [-0.3, -0.25) is 0 Å². The molecule has 4 heteroatoms. The first kappa shape index (κ1) is 12.8. The largest absolute Gasteiger partial charge is 0.390 e. The number of rotatable bonds is 1. The van der Waals surface area contributed by atoms with Crippen molar-refractivity contribution < 1.29 is 5.11 Å². The minimum Gasteiger partial charge on any atom is -0.390 e. The van der Waals surface area contributed by atoms with E-state index < -0.39 is 5.60 Å². The second kappa shape index (κ2) is 4.94. The average molecular weight is 299 g/mol. The average Bonchev–Trinajstić information content (AvgIpc) is 2.44. The molecular formula is C13H19BrN2O. The first-order valence-electron chi connectivity index (χ1n) is 6.08. The Morgan fingerprint density at radius 1 is 1.35 bits per heavy atom. The van der Waals surface area contributed by atoms with E-state index in [-0.39, 0.29) is 0 Å². The van der Waals surface area contributed by atoms with E-state index in [1.54, 1.807) is 0 Å². The number of hydrogen-bond donors (Lipinski definition) is 1. The van der Waals surface area contributed by atoms with Crippen LogP contribution in [0.2, 0.25) is 0 Å². The molecule has 1 aromatic rings. The third-order valence-corrected chi connectivity index (χ3v) is 4.23. The fourth-order valence-electron chi connectivity index (χ4n) is 2.20. The molecule has 1 saturated heterocycles. The number of halogens is 1. The zero-order chi connectivity index (χ0) is 12.5. The Morgan fingerprint density at radius 2 is 2.12 bits per heavy atom. The van der Waals surface area contributed by atoms with Crippen LogP contribution in [0.4, 0.5) is 5.82 Å². The Hall–Kier alpha value is -0.610. The van der Waals surface area contributed by atoms with Gasteiger partial charge in [-0.2, -0.15) is 0 Å². The highest BCUT2D eigenvalue weighted by Gasteiger charge is 2.25. The topological polar surface area (TPSA) is 36.4 Å². The molecule has 0 aromatic carbocycles. The summed E-state index contributed by atoms with van der Waals surface area (Å²) >= 11 is 3.47. The SMILES string of the molecule is Cc1nc(N2CCCC(C)(O)CC2)ccc1Br. The molecular weight excluding hydrogens is 280 g/mol. The maximum absolute atomic E-state index is 10.1. The van der Waals surface area contributed by atoms with E-state index in [0.29, 0.717) is 0 Å². The minimum atomic E-state index is -0.515. The second-order valence-electron chi connectivity index (χ2n) is 5.07. The molecule has 0 amide bonds. The van der Waals surface area contributed by atoms with Crippen molar-refractivity contribution in [1.29, 1.82) is 0 Å². The van der Waals surface area contributed by atoms with Crippen LogP contribution in [0.25, 0.3) is 0 Å². The van der Waals surface area contributed by atoms with E-state index in [9.17, 15) is 5.11 Å². The van der Waals surface area contributed by atoms with Gasteiger partial charge in [0.15, 0.2) is 0 Å². The van der Waals surface area contributed by atoms with E-state index >= 15 is 0 Å². The highest BCUT2D eigenvalue weighted by molar-refractivity contribution is 9.10. The Morgan fingerprint density at radius 3 is 2.82 bits per heavy atom. The molecule has 0 radical (unpaired) electrons. The van der Waals surface area contributed by atoms with Crippen molar-refractivity contribution in [3.63, 3.8) is 0 Å². The zero-order valence-electron chi connectivity index (χ0n) is 10.4. The third kappa shape index (κ3) is 3.19. The van der Waals surface area contributed by atoms with Crippen LogP contribution in [0, 0.1) is 6.92 Å². The van der Waals surface area contributed by atoms with E-state index in [1.807, 2.05) is 26.0 Å². The van der Waals surface area contributed by atoms with E-state index in [4.69, 9.17) is 0 Å². The molecule has 1 atom stereocenters. The van der Waals surface area contributed by atoms with Crippen LogP contribution in [-0.2, 0) is 0 Å². The lowest BCUT2D eigenvalue weighted by Gasteiger charge is -2.23. The van der Waals surface area contributed by atoms with Crippen molar-refractivity contribution in [3.05, 3.63) is 22.3 Å². The number of aryl methyl sites for hydroxylation is 1. The summed E-state index contributed by atoms with van der Waals surface area (Å²) in [6, 6.07) is 4.08. The van der Waals surface area contributed by atoms with E-state index in [1.165, 1.54) is 0 Å². The maximum atomic E-state index is 10.1. The fraction of sp³-hybridized carbons (Fsp3) is 0.615. The number of nitrogens with zero attached hydrogens (tertiary/aromatic N) is 2. The van der Waals surface area contributed by atoms with Crippen LogP contribution in [0.3, 0.4) is 0 Å². The molecule has 0 bridgehead atoms. The predicted molar refractivity (Wildman–Crippen MR) is 73.4 cm³/mol. The Balaban J connectivity index is 2.14. The number of pyridine rings is 1. The van der Waals surface area contributed by atoms with Gasteiger partial charge in [0, 0.05) is 17.6 Å². The fourth-order valence-corrected chi connectivity index (χ4v) is 2.42. The van der Waals surface area contributed by atoms with Gasteiger partial charge >= 0.3 is 0 Å². The number of anilines is 1. The van der Waals surface area contributed by atoms with Crippen molar-refractivity contribution in [3.8, 4) is 0 Å². The molecule has 1 unspecified atom stereocenters. The van der Waals surface area contributed by atoms with Crippen LogP contribution < -0.4 is 4.90 Å². The molecule has 2 heterocycles. The summed E-state index contributed by atoms with van der Waals surface area (Å²) in [5.74, 6) is 1.02. The molecule has 17 heavy (non-hydrogen) atoms. The van der Waals surface area contributed by atoms with Gasteiger partial charge in [0.2, 0.25) is 0 Å². The van der Waals surface area contributed by atoms with Crippen LogP contribution in [-0.4, -0.2) is 28.8 Å². The summed E-state index contributed by atoms with van der Waals surface area (Å²) in [7, 11) is 0. The Bertz CT molecular complexity index is 406. The zero-order valence-corrected chi connectivity index (χ0v) is 12.0. The number of aliphatic hydroxyl groups is 1. The van der Waals surface area contributed by atoms with Crippen LogP contribution in [0.1, 0.15) is 31.9 Å². The lowest BCUT2D eigenvalue weighted by atomic mass is 9.98. The molecule has 2 rings (SSSR count). The molecule has 0 aliphatic carbocycles. The van der Waals surface area contributed by atoms with Crippen molar-refractivity contribution in [2.24, 2.45) is 0 Å². The number of aromatic nitrogens is 1. The van der Waals surface area contributed by atoms with Crippen LogP contribution >= 0.6 is 15.9 Å². The Kier molecular flexibility index (Phi) is 3.73.